The number of rotatable bonds is 4. The number of aliphatic hydroxyl groups is 2. The summed E-state index contributed by atoms with van der Waals surface area (Å²) in [6.45, 7) is 1.99. The molecular weight excluding hydrogens is 192 g/mol. The van der Waals surface area contributed by atoms with Crippen molar-refractivity contribution in [1.82, 2.24) is 0 Å². The first-order chi connectivity index (χ1) is 7.11. The Kier molecular flexibility index (Phi) is 3.94. The van der Waals surface area contributed by atoms with Crippen LogP contribution in [-0.2, 0) is 12.8 Å². The highest BCUT2D eigenvalue weighted by Crippen LogP contribution is 2.28. The van der Waals surface area contributed by atoms with Crippen LogP contribution in [0.25, 0.3) is 0 Å². The van der Waals surface area contributed by atoms with Gasteiger partial charge >= 0.3 is 0 Å². The van der Waals surface area contributed by atoms with E-state index in [0.29, 0.717) is 24.2 Å². The molecule has 1 aromatic carbocycles. The molecule has 0 aliphatic carbocycles. The van der Waals surface area contributed by atoms with Crippen molar-refractivity contribution < 1.29 is 10.2 Å². The molecule has 1 aromatic rings. The van der Waals surface area contributed by atoms with Crippen LogP contribution in [0.5, 0.6) is 0 Å². The van der Waals surface area contributed by atoms with Crippen LogP contribution in [0, 0.1) is 6.92 Å². The largest absolute Gasteiger partial charge is 0.397 e. The van der Waals surface area contributed by atoms with E-state index in [4.69, 9.17) is 21.7 Å². The predicted molar refractivity (Wildman–Crippen MR) is 61.6 cm³/mol. The number of aryl methyl sites for hydroxylation is 1. The second-order valence-electron chi connectivity index (χ2n) is 3.61. The summed E-state index contributed by atoms with van der Waals surface area (Å²) in [5.41, 5.74) is 15.5. The first-order valence-electron chi connectivity index (χ1n) is 4.99. The van der Waals surface area contributed by atoms with Gasteiger partial charge in [-0.25, -0.2) is 0 Å². The van der Waals surface area contributed by atoms with E-state index in [2.05, 4.69) is 0 Å². The van der Waals surface area contributed by atoms with Crippen LogP contribution >= 0.6 is 0 Å². The molecule has 4 nitrogen and oxygen atoms in total. The number of hydrogen-bond donors (Lipinski definition) is 4. The Labute approximate surface area is 89.5 Å². The van der Waals surface area contributed by atoms with Crippen LogP contribution in [0.1, 0.15) is 16.7 Å². The summed E-state index contributed by atoms with van der Waals surface area (Å²) in [4.78, 5) is 0. The molecule has 6 N–H and O–H groups in total. The van der Waals surface area contributed by atoms with E-state index in [1.807, 2.05) is 13.0 Å². The fourth-order valence-electron chi connectivity index (χ4n) is 1.72. The van der Waals surface area contributed by atoms with Crippen molar-refractivity contribution in [2.45, 2.75) is 19.8 Å². The number of nitrogen functional groups attached to an aromatic ring is 2. The van der Waals surface area contributed by atoms with E-state index in [0.717, 1.165) is 16.7 Å². The van der Waals surface area contributed by atoms with Gasteiger partial charge in [-0.05, 0) is 36.5 Å². The van der Waals surface area contributed by atoms with Gasteiger partial charge in [0.05, 0.1) is 11.4 Å². The van der Waals surface area contributed by atoms with Crippen molar-refractivity contribution in [3.05, 3.63) is 22.8 Å². The summed E-state index contributed by atoms with van der Waals surface area (Å²) < 4.78 is 0. The first-order valence-corrected chi connectivity index (χ1v) is 4.99. The summed E-state index contributed by atoms with van der Waals surface area (Å²) in [6, 6.07) is 1.92. The van der Waals surface area contributed by atoms with Gasteiger partial charge in [0, 0.05) is 13.2 Å². The SMILES string of the molecule is Cc1cc(CCO)c(CCO)c(N)c1N. The van der Waals surface area contributed by atoms with E-state index in [9.17, 15) is 0 Å². The highest BCUT2D eigenvalue weighted by atomic mass is 16.3. The molecule has 4 heteroatoms. The van der Waals surface area contributed by atoms with Gasteiger partial charge in [-0.1, -0.05) is 6.07 Å². The molecule has 0 aromatic heterocycles. The molecule has 0 bridgehead atoms. The van der Waals surface area contributed by atoms with Gasteiger partial charge in [0.25, 0.3) is 0 Å². The molecule has 1 rings (SSSR count). The zero-order chi connectivity index (χ0) is 11.4. The summed E-state index contributed by atoms with van der Waals surface area (Å²) in [7, 11) is 0. The molecular formula is C11H18N2O2. The number of aliphatic hydroxyl groups excluding tert-OH is 2. The van der Waals surface area contributed by atoms with Crippen molar-refractivity contribution in [1.29, 1.82) is 0 Å². The minimum absolute atomic E-state index is 0.0329. The zero-order valence-corrected chi connectivity index (χ0v) is 8.95. The number of anilines is 2. The Bertz CT molecular complexity index is 351. The topological polar surface area (TPSA) is 92.5 Å². The van der Waals surface area contributed by atoms with Gasteiger partial charge in [-0.2, -0.15) is 0 Å². The fourth-order valence-corrected chi connectivity index (χ4v) is 1.72. The first kappa shape index (κ1) is 11.8. The highest BCUT2D eigenvalue weighted by Gasteiger charge is 2.11. The van der Waals surface area contributed by atoms with Crippen molar-refractivity contribution in [2.75, 3.05) is 24.7 Å². The maximum atomic E-state index is 8.94. The van der Waals surface area contributed by atoms with Crippen LogP contribution in [0.15, 0.2) is 6.07 Å². The Morgan fingerprint density at radius 1 is 1.07 bits per heavy atom. The Balaban J connectivity index is 3.23. The van der Waals surface area contributed by atoms with Crippen molar-refractivity contribution in [3.8, 4) is 0 Å². The fraction of sp³-hybridized carbons (Fsp3) is 0.455. The monoisotopic (exact) mass is 210 g/mol. The molecule has 84 valence electrons. The molecule has 15 heavy (non-hydrogen) atoms. The quantitative estimate of drug-likeness (QED) is 0.535. The molecule has 0 aliphatic heterocycles. The smallest absolute Gasteiger partial charge is 0.0586 e. The van der Waals surface area contributed by atoms with Crippen LogP contribution < -0.4 is 11.5 Å². The average molecular weight is 210 g/mol. The third-order valence-electron chi connectivity index (χ3n) is 2.56. The number of nitrogens with two attached hydrogens (primary N) is 2. The van der Waals surface area contributed by atoms with Gasteiger partial charge in [0.15, 0.2) is 0 Å². The van der Waals surface area contributed by atoms with E-state index < -0.39 is 0 Å². The molecule has 0 heterocycles. The number of hydrogen-bond acceptors (Lipinski definition) is 4. The van der Waals surface area contributed by atoms with Crippen LogP contribution in [-0.4, -0.2) is 23.4 Å². The van der Waals surface area contributed by atoms with Crippen LogP contribution in [0.3, 0.4) is 0 Å². The van der Waals surface area contributed by atoms with Gasteiger partial charge in [-0.3, -0.25) is 0 Å². The molecule has 0 amide bonds. The molecule has 0 atom stereocenters. The molecule has 0 unspecified atom stereocenters. The van der Waals surface area contributed by atoms with Crippen molar-refractivity contribution in [2.24, 2.45) is 0 Å². The summed E-state index contributed by atoms with van der Waals surface area (Å²) in [6.07, 6.45) is 1.02. The lowest BCUT2D eigenvalue weighted by Crippen LogP contribution is -2.09. The van der Waals surface area contributed by atoms with Crippen LogP contribution in [0.2, 0.25) is 0 Å². The standard InChI is InChI=1S/C11H18N2O2/c1-7-6-8(2-4-14)9(3-5-15)11(13)10(7)12/h6,14-15H,2-5,12-13H2,1H3. The molecule has 0 spiro atoms. The molecule has 0 aliphatic rings. The van der Waals surface area contributed by atoms with Gasteiger partial charge in [0.1, 0.15) is 0 Å². The van der Waals surface area contributed by atoms with E-state index in [1.54, 1.807) is 0 Å². The summed E-state index contributed by atoms with van der Waals surface area (Å²) in [5.74, 6) is 0. The van der Waals surface area contributed by atoms with Gasteiger partial charge in [0.2, 0.25) is 0 Å². The van der Waals surface area contributed by atoms with Crippen LogP contribution in [0.4, 0.5) is 11.4 Å². The lowest BCUT2D eigenvalue weighted by molar-refractivity contribution is 0.293. The Morgan fingerprint density at radius 2 is 1.67 bits per heavy atom. The minimum Gasteiger partial charge on any atom is -0.397 e. The zero-order valence-electron chi connectivity index (χ0n) is 8.95. The molecule has 0 fully saturated rings. The third-order valence-corrected chi connectivity index (χ3v) is 2.56. The average Bonchev–Trinajstić information content (AvgIpc) is 2.21. The second kappa shape index (κ2) is 5.00. The minimum atomic E-state index is 0.0329. The van der Waals surface area contributed by atoms with Gasteiger partial charge < -0.3 is 21.7 Å². The molecule has 0 radical (unpaired) electrons. The summed E-state index contributed by atoms with van der Waals surface area (Å²) in [5, 5.41) is 17.9. The number of benzene rings is 1. The van der Waals surface area contributed by atoms with Crippen molar-refractivity contribution >= 4 is 11.4 Å². The Hall–Kier alpha value is -1.26. The van der Waals surface area contributed by atoms with E-state index in [1.165, 1.54) is 0 Å². The maximum Gasteiger partial charge on any atom is 0.0586 e. The highest BCUT2D eigenvalue weighted by molar-refractivity contribution is 5.73. The van der Waals surface area contributed by atoms with Crippen molar-refractivity contribution in [3.63, 3.8) is 0 Å². The van der Waals surface area contributed by atoms with E-state index >= 15 is 0 Å². The molecule has 0 saturated heterocycles. The molecule has 0 saturated carbocycles. The lowest BCUT2D eigenvalue weighted by atomic mass is 9.96. The van der Waals surface area contributed by atoms with E-state index in [-0.39, 0.29) is 13.2 Å². The maximum absolute atomic E-state index is 8.94. The summed E-state index contributed by atoms with van der Waals surface area (Å²) >= 11 is 0. The Morgan fingerprint density at radius 3 is 2.20 bits per heavy atom. The third kappa shape index (κ3) is 2.40. The second-order valence-corrected chi connectivity index (χ2v) is 3.61. The predicted octanol–water partition coefficient (Wildman–Crippen LogP) is 0.229. The lowest BCUT2D eigenvalue weighted by Gasteiger charge is -2.15. The van der Waals surface area contributed by atoms with Gasteiger partial charge in [-0.15, -0.1) is 0 Å². The normalized spacial score (nSPS) is 10.6.